The second kappa shape index (κ2) is 11.4. The van der Waals surface area contributed by atoms with E-state index < -0.39 is 23.8 Å². The second-order valence-corrected chi connectivity index (χ2v) is 8.59. The Morgan fingerprint density at radius 2 is 1.71 bits per heavy atom. The molecule has 5 N–H and O–H groups in total. The van der Waals surface area contributed by atoms with E-state index in [9.17, 15) is 14.4 Å². The van der Waals surface area contributed by atoms with E-state index >= 15 is 0 Å². The Morgan fingerprint density at radius 1 is 1.06 bits per heavy atom. The number of carbonyl (C=O) groups excluding carboxylic acids is 3. The van der Waals surface area contributed by atoms with Gasteiger partial charge in [-0.25, -0.2) is 0 Å². The molecule has 0 radical (unpaired) electrons. The normalized spacial score (nSPS) is 11.5. The summed E-state index contributed by atoms with van der Waals surface area (Å²) >= 11 is 0.762. The lowest BCUT2D eigenvalue weighted by Gasteiger charge is -2.31. The van der Waals surface area contributed by atoms with Crippen LogP contribution in [0.3, 0.4) is 0 Å². The van der Waals surface area contributed by atoms with Crippen LogP contribution in [-0.2, 0) is 9.53 Å². The monoisotopic (exact) mass is 496 g/mol. The van der Waals surface area contributed by atoms with Crippen molar-refractivity contribution < 1.29 is 19.1 Å². The number of anilines is 3. The third kappa shape index (κ3) is 5.76. The Labute approximate surface area is 207 Å². The number of methoxy groups -OCH3 is 1. The number of aromatic nitrogens is 1. The van der Waals surface area contributed by atoms with E-state index in [1.807, 2.05) is 31.1 Å². The number of para-hydroxylation sites is 1. The van der Waals surface area contributed by atoms with Crippen LogP contribution in [-0.4, -0.2) is 56.5 Å². The van der Waals surface area contributed by atoms with Crippen molar-refractivity contribution in [2.24, 2.45) is 5.73 Å². The molecule has 10 nitrogen and oxygen atoms in total. The van der Waals surface area contributed by atoms with Crippen molar-refractivity contribution in [1.29, 1.82) is 0 Å². The van der Waals surface area contributed by atoms with Crippen LogP contribution in [0.1, 0.15) is 31.8 Å². The first-order valence-corrected chi connectivity index (χ1v) is 11.5. The Morgan fingerprint density at radius 3 is 2.26 bits per heavy atom. The third-order valence-electron chi connectivity index (χ3n) is 5.25. The van der Waals surface area contributed by atoms with Gasteiger partial charge in [-0.15, -0.1) is 0 Å². The van der Waals surface area contributed by atoms with E-state index in [0.29, 0.717) is 17.9 Å². The maximum absolute atomic E-state index is 13.9. The molecule has 1 heterocycles. The van der Waals surface area contributed by atoms with Gasteiger partial charge in [0.15, 0.2) is 5.69 Å². The third-order valence-corrected chi connectivity index (χ3v) is 6.10. The lowest BCUT2D eigenvalue weighted by molar-refractivity contribution is -0.122. The number of hydrogen-bond donors (Lipinski definition) is 3. The van der Waals surface area contributed by atoms with Crippen LogP contribution >= 0.6 is 11.5 Å². The minimum atomic E-state index is -1.04. The molecule has 0 unspecified atom stereocenters. The molecule has 35 heavy (non-hydrogen) atoms. The van der Waals surface area contributed by atoms with Gasteiger partial charge in [-0.2, -0.15) is 4.37 Å². The summed E-state index contributed by atoms with van der Waals surface area (Å²) in [7, 11) is 5.35. The summed E-state index contributed by atoms with van der Waals surface area (Å²) in [5.41, 5.74) is 13.1. The minimum absolute atomic E-state index is 0.0160. The van der Waals surface area contributed by atoms with E-state index in [1.54, 1.807) is 42.5 Å². The van der Waals surface area contributed by atoms with Crippen LogP contribution in [0.5, 0.6) is 0 Å². The molecule has 11 heteroatoms. The van der Waals surface area contributed by atoms with E-state index in [1.165, 1.54) is 12.0 Å². The van der Waals surface area contributed by atoms with Crippen LogP contribution in [0, 0.1) is 0 Å². The Kier molecular flexibility index (Phi) is 8.39. The molecule has 3 rings (SSSR count). The largest absolute Gasteiger partial charge is 0.395 e. The van der Waals surface area contributed by atoms with Gasteiger partial charge < -0.3 is 26.4 Å². The molecule has 184 valence electrons. The maximum atomic E-state index is 13.9. The summed E-state index contributed by atoms with van der Waals surface area (Å²) in [5.74, 6) is -1.82. The predicted octanol–water partition coefficient (Wildman–Crippen LogP) is 2.04. The van der Waals surface area contributed by atoms with Gasteiger partial charge in [-0.3, -0.25) is 19.3 Å². The number of nitrogens with two attached hydrogens (primary N) is 2. The summed E-state index contributed by atoms with van der Waals surface area (Å²) in [6.45, 7) is 0.564. The van der Waals surface area contributed by atoms with Gasteiger partial charge in [0, 0.05) is 39.1 Å². The molecule has 3 aromatic rings. The molecule has 0 saturated heterocycles. The molecular formula is C24H28N6O4S. The van der Waals surface area contributed by atoms with Crippen LogP contribution in [0.2, 0.25) is 0 Å². The van der Waals surface area contributed by atoms with Gasteiger partial charge >= 0.3 is 0 Å². The van der Waals surface area contributed by atoms with Gasteiger partial charge in [-0.1, -0.05) is 30.3 Å². The molecule has 0 aliphatic heterocycles. The number of amides is 3. The van der Waals surface area contributed by atoms with Crippen molar-refractivity contribution in [2.45, 2.75) is 6.04 Å². The summed E-state index contributed by atoms with van der Waals surface area (Å²) in [5, 5.41) is 2.83. The Hall–Kier alpha value is -3.96. The molecule has 1 atom stereocenters. The zero-order valence-electron chi connectivity index (χ0n) is 19.7. The fourth-order valence-electron chi connectivity index (χ4n) is 3.46. The highest BCUT2D eigenvalue weighted by atomic mass is 32.1. The molecule has 1 aromatic heterocycles. The Balaban J connectivity index is 2.15. The molecule has 0 spiro atoms. The summed E-state index contributed by atoms with van der Waals surface area (Å²) in [6.07, 6.45) is 0. The topological polar surface area (TPSA) is 144 Å². The standard InChI is InChI=1S/C24H28N6O4S/c1-29(2)16-11-9-15(10-12-16)20(23(32)27-13-14-34-3)30(17-7-5-4-6-8-17)24(33)21-18(25)19(22(26)31)28-35-21/h4-12,20H,13-14,25H2,1-3H3,(H2,26,31)(H,27,32)/t20-/m0/s1. The maximum Gasteiger partial charge on any atom is 0.273 e. The van der Waals surface area contributed by atoms with Crippen LogP contribution in [0.25, 0.3) is 0 Å². The fraction of sp³-hybridized carbons (Fsp3) is 0.250. The van der Waals surface area contributed by atoms with Gasteiger partial charge in [0.05, 0.1) is 12.3 Å². The summed E-state index contributed by atoms with van der Waals surface area (Å²) in [6, 6.07) is 15.0. The zero-order valence-corrected chi connectivity index (χ0v) is 20.5. The number of ether oxygens (including phenoxy) is 1. The number of rotatable bonds is 10. The van der Waals surface area contributed by atoms with Crippen molar-refractivity contribution in [1.82, 2.24) is 9.69 Å². The first-order chi connectivity index (χ1) is 16.8. The van der Waals surface area contributed by atoms with Gasteiger partial charge in [0.25, 0.3) is 11.8 Å². The predicted molar refractivity (Wildman–Crippen MR) is 137 cm³/mol. The molecule has 0 aliphatic rings. The SMILES string of the molecule is COCCNC(=O)[C@H](c1ccc(N(C)C)cc1)N(C(=O)c1snc(C(N)=O)c1N)c1ccccc1. The molecule has 2 aromatic carbocycles. The second-order valence-electron chi connectivity index (χ2n) is 7.82. The van der Waals surface area contributed by atoms with Crippen molar-refractivity contribution in [3.05, 3.63) is 70.7 Å². The van der Waals surface area contributed by atoms with E-state index in [4.69, 9.17) is 16.2 Å². The van der Waals surface area contributed by atoms with Crippen molar-refractivity contribution in [2.75, 3.05) is 49.9 Å². The highest BCUT2D eigenvalue weighted by Gasteiger charge is 2.35. The zero-order chi connectivity index (χ0) is 25.5. The number of nitrogens with zero attached hydrogens (tertiary/aromatic N) is 3. The van der Waals surface area contributed by atoms with E-state index in [-0.39, 0.29) is 22.8 Å². The van der Waals surface area contributed by atoms with Gasteiger partial charge in [0.1, 0.15) is 10.9 Å². The molecule has 0 fully saturated rings. The number of hydrogen-bond acceptors (Lipinski definition) is 8. The smallest absolute Gasteiger partial charge is 0.273 e. The van der Waals surface area contributed by atoms with Crippen LogP contribution in [0.4, 0.5) is 17.1 Å². The highest BCUT2D eigenvalue weighted by Crippen LogP contribution is 2.33. The van der Waals surface area contributed by atoms with E-state index in [2.05, 4.69) is 9.69 Å². The summed E-state index contributed by atoms with van der Waals surface area (Å²) in [4.78, 5) is 42.3. The van der Waals surface area contributed by atoms with Crippen LogP contribution < -0.4 is 26.6 Å². The molecular weight excluding hydrogens is 468 g/mol. The molecule has 0 saturated carbocycles. The van der Waals surface area contributed by atoms with Crippen molar-refractivity contribution in [3.8, 4) is 0 Å². The number of benzene rings is 2. The molecule has 0 aliphatic carbocycles. The first-order valence-electron chi connectivity index (χ1n) is 10.7. The lowest BCUT2D eigenvalue weighted by Crippen LogP contribution is -2.44. The van der Waals surface area contributed by atoms with Crippen molar-refractivity contribution in [3.63, 3.8) is 0 Å². The molecule has 3 amide bonds. The minimum Gasteiger partial charge on any atom is -0.395 e. The first kappa shape index (κ1) is 25.7. The van der Waals surface area contributed by atoms with E-state index in [0.717, 1.165) is 17.2 Å². The van der Waals surface area contributed by atoms with Gasteiger partial charge in [-0.05, 0) is 41.4 Å². The lowest BCUT2D eigenvalue weighted by atomic mass is 10.0. The average molecular weight is 497 g/mol. The number of primary amides is 1. The Bertz CT molecular complexity index is 1180. The number of nitrogen functional groups attached to an aromatic ring is 1. The van der Waals surface area contributed by atoms with Crippen LogP contribution in [0.15, 0.2) is 54.6 Å². The summed E-state index contributed by atoms with van der Waals surface area (Å²) < 4.78 is 9.01. The van der Waals surface area contributed by atoms with Crippen molar-refractivity contribution >= 4 is 46.3 Å². The number of nitrogens with one attached hydrogen (secondary N) is 1. The average Bonchev–Trinajstić information content (AvgIpc) is 3.24. The molecule has 0 bridgehead atoms. The number of carbonyl (C=O) groups is 3. The highest BCUT2D eigenvalue weighted by molar-refractivity contribution is 7.09. The van der Waals surface area contributed by atoms with Gasteiger partial charge in [0.2, 0.25) is 5.91 Å². The quantitative estimate of drug-likeness (QED) is 0.364. The fourth-order valence-corrected chi connectivity index (χ4v) is 4.20.